The normalized spacial score (nSPS) is 17.8. The Hall–Kier alpha value is -3.35. The first kappa shape index (κ1) is 21.5. The number of halogens is 1. The number of thiocarbonyl (C=S) groups is 1. The Labute approximate surface area is 203 Å². The van der Waals surface area contributed by atoms with Crippen LogP contribution in [0.25, 0.3) is 5.69 Å². The molecule has 3 heterocycles. The number of rotatable bonds is 5. The quantitative estimate of drug-likeness (QED) is 0.358. The van der Waals surface area contributed by atoms with Gasteiger partial charge in [-0.25, -0.2) is 0 Å². The van der Waals surface area contributed by atoms with Gasteiger partial charge in [-0.05, 0) is 79.3 Å². The molecule has 5 rings (SSSR count). The van der Waals surface area contributed by atoms with E-state index < -0.39 is 0 Å². The van der Waals surface area contributed by atoms with E-state index in [-0.39, 0.29) is 12.1 Å². The summed E-state index contributed by atoms with van der Waals surface area (Å²) in [7, 11) is 1.68. The zero-order valence-electron chi connectivity index (χ0n) is 18.3. The molecule has 1 saturated heterocycles. The van der Waals surface area contributed by atoms with Crippen molar-refractivity contribution in [3.63, 3.8) is 0 Å². The number of ether oxygens (including phenoxy) is 1. The van der Waals surface area contributed by atoms with Gasteiger partial charge >= 0.3 is 0 Å². The minimum Gasteiger partial charge on any atom is -0.495 e. The lowest BCUT2D eigenvalue weighted by atomic mass is 10.0. The van der Waals surface area contributed by atoms with Gasteiger partial charge in [-0.1, -0.05) is 29.8 Å². The molecule has 0 bridgehead atoms. The van der Waals surface area contributed by atoms with E-state index in [0.29, 0.717) is 5.11 Å². The molecule has 2 aromatic carbocycles. The van der Waals surface area contributed by atoms with Crippen LogP contribution in [0.2, 0.25) is 5.02 Å². The topological polar surface area (TPSA) is 42.3 Å². The summed E-state index contributed by atoms with van der Waals surface area (Å²) in [5.41, 5.74) is 4.96. The van der Waals surface area contributed by atoms with Crippen molar-refractivity contribution in [2.75, 3.05) is 12.0 Å². The molecule has 4 aromatic rings. The highest BCUT2D eigenvalue weighted by atomic mass is 35.5. The van der Waals surface area contributed by atoms with E-state index in [1.165, 1.54) is 0 Å². The van der Waals surface area contributed by atoms with Crippen molar-refractivity contribution in [1.29, 1.82) is 0 Å². The monoisotopic (exact) mass is 474 g/mol. The number of anilines is 1. The number of pyridine rings is 1. The highest BCUT2D eigenvalue weighted by Gasteiger charge is 2.43. The summed E-state index contributed by atoms with van der Waals surface area (Å²) in [4.78, 5) is 6.77. The summed E-state index contributed by atoms with van der Waals surface area (Å²) < 4.78 is 7.87. The third kappa shape index (κ3) is 3.86. The second-order valence-corrected chi connectivity index (χ2v) is 8.70. The maximum atomic E-state index is 6.30. The molecule has 1 aliphatic rings. The molecule has 0 saturated carbocycles. The molecule has 1 N–H and O–H groups in total. The lowest BCUT2D eigenvalue weighted by molar-refractivity contribution is 0.414. The molecular weight excluding hydrogens is 452 g/mol. The van der Waals surface area contributed by atoms with Crippen LogP contribution < -0.4 is 15.0 Å². The second kappa shape index (κ2) is 8.89. The van der Waals surface area contributed by atoms with Crippen LogP contribution in [0.5, 0.6) is 5.75 Å². The first-order valence-corrected chi connectivity index (χ1v) is 11.4. The Morgan fingerprint density at radius 3 is 2.61 bits per heavy atom. The number of aryl methyl sites for hydroxylation is 1. The number of para-hydroxylation sites is 2. The molecule has 0 spiro atoms. The Morgan fingerprint density at radius 2 is 1.85 bits per heavy atom. The number of methoxy groups -OCH3 is 1. The number of nitrogens with one attached hydrogen (secondary N) is 1. The lowest BCUT2D eigenvalue weighted by Gasteiger charge is -2.30. The molecule has 1 aliphatic heterocycles. The summed E-state index contributed by atoms with van der Waals surface area (Å²) in [5, 5.41) is 4.89. The van der Waals surface area contributed by atoms with Crippen LogP contribution in [-0.4, -0.2) is 21.8 Å². The second-order valence-electron chi connectivity index (χ2n) is 7.90. The molecule has 33 heavy (non-hydrogen) atoms. The van der Waals surface area contributed by atoms with Gasteiger partial charge in [-0.15, -0.1) is 0 Å². The summed E-state index contributed by atoms with van der Waals surface area (Å²) in [6.45, 7) is 2.01. The molecule has 166 valence electrons. The molecule has 0 aliphatic carbocycles. The lowest BCUT2D eigenvalue weighted by Crippen LogP contribution is -2.30. The average molecular weight is 475 g/mol. The number of benzene rings is 2. The highest BCUT2D eigenvalue weighted by Crippen LogP contribution is 2.44. The molecule has 7 heteroatoms. The average Bonchev–Trinajstić information content (AvgIpc) is 3.45. The summed E-state index contributed by atoms with van der Waals surface area (Å²) in [6, 6.07) is 23.8. The van der Waals surface area contributed by atoms with E-state index in [4.69, 9.17) is 28.6 Å². The molecule has 1 fully saturated rings. The third-order valence-corrected chi connectivity index (χ3v) is 6.68. The van der Waals surface area contributed by atoms with Gasteiger partial charge in [-0.3, -0.25) is 4.98 Å². The Morgan fingerprint density at radius 1 is 1.03 bits per heavy atom. The molecular formula is C26H23ClN4OS. The van der Waals surface area contributed by atoms with E-state index in [2.05, 4.69) is 44.2 Å². The van der Waals surface area contributed by atoms with E-state index >= 15 is 0 Å². The first-order valence-electron chi connectivity index (χ1n) is 10.7. The van der Waals surface area contributed by atoms with Crippen molar-refractivity contribution >= 4 is 34.6 Å². The van der Waals surface area contributed by atoms with Crippen molar-refractivity contribution in [2.45, 2.75) is 19.0 Å². The van der Waals surface area contributed by atoms with E-state index in [1.807, 2.05) is 67.7 Å². The fourth-order valence-corrected chi connectivity index (χ4v) is 4.85. The smallest absolute Gasteiger partial charge is 0.174 e. The van der Waals surface area contributed by atoms with Crippen LogP contribution >= 0.6 is 23.8 Å². The first-order chi connectivity index (χ1) is 16.1. The SMILES string of the molecule is COc1ccccc1N1C(=S)N[C@H](c2ccccn2)[C@@H]1c1cccn1-c1ccc(Cl)c(C)c1. The Bertz CT molecular complexity index is 1310. The van der Waals surface area contributed by atoms with Gasteiger partial charge < -0.3 is 19.5 Å². The van der Waals surface area contributed by atoms with Gasteiger partial charge in [0.1, 0.15) is 11.8 Å². The van der Waals surface area contributed by atoms with Crippen LogP contribution in [0.4, 0.5) is 5.69 Å². The van der Waals surface area contributed by atoms with E-state index in [9.17, 15) is 0 Å². The van der Waals surface area contributed by atoms with E-state index in [0.717, 1.165) is 39.1 Å². The van der Waals surface area contributed by atoms with Crippen molar-refractivity contribution in [3.8, 4) is 11.4 Å². The Kier molecular flexibility index (Phi) is 5.79. The van der Waals surface area contributed by atoms with Gasteiger partial charge in [0, 0.05) is 28.8 Å². The largest absolute Gasteiger partial charge is 0.495 e. The number of aromatic nitrogens is 2. The van der Waals surface area contributed by atoms with E-state index in [1.54, 1.807) is 7.11 Å². The van der Waals surface area contributed by atoms with Gasteiger partial charge in [0.2, 0.25) is 0 Å². The van der Waals surface area contributed by atoms with Crippen LogP contribution in [0.15, 0.2) is 85.2 Å². The van der Waals surface area contributed by atoms with Crippen molar-refractivity contribution in [1.82, 2.24) is 14.9 Å². The molecule has 2 aromatic heterocycles. The molecule has 0 amide bonds. The van der Waals surface area contributed by atoms with Crippen molar-refractivity contribution in [3.05, 3.63) is 107 Å². The fourth-order valence-electron chi connectivity index (χ4n) is 4.39. The zero-order valence-corrected chi connectivity index (χ0v) is 19.8. The summed E-state index contributed by atoms with van der Waals surface area (Å²) >= 11 is 12.2. The van der Waals surface area contributed by atoms with Crippen molar-refractivity contribution < 1.29 is 4.74 Å². The number of hydrogen-bond donors (Lipinski definition) is 1. The standard InChI is InChI=1S/C26H23ClN4OS/c1-17-16-18(12-13-19(17)27)30-15-7-10-22(30)25-24(20-8-5-6-14-28-20)29-26(33)31(25)21-9-3-4-11-23(21)32-2/h3-16,24-25H,1-2H3,(H,29,33)/t24-,25+/m1/s1. The third-order valence-electron chi connectivity index (χ3n) is 5.95. The van der Waals surface area contributed by atoms with Crippen LogP contribution in [0.3, 0.4) is 0 Å². The number of hydrogen-bond acceptors (Lipinski definition) is 3. The Balaban J connectivity index is 1.69. The number of nitrogens with zero attached hydrogens (tertiary/aromatic N) is 3. The van der Waals surface area contributed by atoms with Crippen LogP contribution in [0, 0.1) is 6.92 Å². The molecule has 5 nitrogen and oxygen atoms in total. The minimum absolute atomic E-state index is 0.148. The summed E-state index contributed by atoms with van der Waals surface area (Å²) in [5.74, 6) is 0.758. The van der Waals surface area contributed by atoms with Crippen LogP contribution in [-0.2, 0) is 0 Å². The van der Waals surface area contributed by atoms with Crippen molar-refractivity contribution in [2.24, 2.45) is 0 Å². The maximum Gasteiger partial charge on any atom is 0.174 e. The predicted molar refractivity (Wildman–Crippen MR) is 136 cm³/mol. The fraction of sp³-hybridized carbons (Fsp3) is 0.154. The molecule has 2 atom stereocenters. The van der Waals surface area contributed by atoms with Gasteiger partial charge in [0.25, 0.3) is 0 Å². The highest BCUT2D eigenvalue weighted by molar-refractivity contribution is 7.80. The van der Waals surface area contributed by atoms with Gasteiger partial charge in [0.15, 0.2) is 5.11 Å². The maximum absolute atomic E-state index is 6.30. The van der Waals surface area contributed by atoms with Gasteiger partial charge in [-0.2, -0.15) is 0 Å². The van der Waals surface area contributed by atoms with Crippen LogP contribution in [0.1, 0.15) is 29.0 Å². The molecule has 0 radical (unpaired) electrons. The van der Waals surface area contributed by atoms with Gasteiger partial charge in [0.05, 0.1) is 24.5 Å². The zero-order chi connectivity index (χ0) is 22.9. The predicted octanol–water partition coefficient (Wildman–Crippen LogP) is 6.02. The summed E-state index contributed by atoms with van der Waals surface area (Å²) in [6.07, 6.45) is 3.87. The molecule has 0 unspecified atom stereocenters. The minimum atomic E-state index is -0.158.